The first-order valence-electron chi connectivity index (χ1n) is 7.22. The molecule has 0 bridgehead atoms. The van der Waals surface area contributed by atoms with Crippen LogP contribution in [0.3, 0.4) is 0 Å². The summed E-state index contributed by atoms with van der Waals surface area (Å²) in [7, 11) is 1.62. The van der Waals surface area contributed by atoms with Gasteiger partial charge in [-0.1, -0.05) is 0 Å². The molecule has 22 heavy (non-hydrogen) atoms. The van der Waals surface area contributed by atoms with E-state index in [-0.39, 0.29) is 24.9 Å². The lowest BCUT2D eigenvalue weighted by Gasteiger charge is -2.26. The molecule has 0 aromatic heterocycles. The summed E-state index contributed by atoms with van der Waals surface area (Å²) in [5.41, 5.74) is 0. The average molecular weight is 325 g/mol. The molecule has 0 aliphatic heterocycles. The second kappa shape index (κ2) is 9.35. The SMILES string of the molecule is COc1ccc(SCCC(=O)N(CCC(=O)O)C(C)C)cc1. The molecule has 1 rings (SSSR count). The average Bonchev–Trinajstić information content (AvgIpc) is 2.47. The van der Waals surface area contributed by atoms with Gasteiger partial charge in [-0.05, 0) is 38.1 Å². The van der Waals surface area contributed by atoms with Gasteiger partial charge >= 0.3 is 5.97 Å². The molecule has 122 valence electrons. The maximum absolute atomic E-state index is 12.2. The first-order chi connectivity index (χ1) is 10.4. The number of ether oxygens (including phenoxy) is 1. The zero-order valence-corrected chi connectivity index (χ0v) is 14.1. The van der Waals surface area contributed by atoms with Gasteiger partial charge in [0.15, 0.2) is 0 Å². The topological polar surface area (TPSA) is 66.8 Å². The van der Waals surface area contributed by atoms with Crippen molar-refractivity contribution in [1.29, 1.82) is 0 Å². The van der Waals surface area contributed by atoms with Gasteiger partial charge in [-0.25, -0.2) is 0 Å². The smallest absolute Gasteiger partial charge is 0.305 e. The molecule has 0 atom stereocenters. The minimum absolute atomic E-state index is 0.00254. The van der Waals surface area contributed by atoms with Crippen molar-refractivity contribution in [1.82, 2.24) is 4.90 Å². The van der Waals surface area contributed by atoms with Crippen LogP contribution in [0.2, 0.25) is 0 Å². The zero-order chi connectivity index (χ0) is 16.5. The number of carbonyl (C=O) groups excluding carboxylic acids is 1. The fourth-order valence-electron chi connectivity index (χ4n) is 1.96. The number of rotatable bonds is 9. The normalized spacial score (nSPS) is 10.5. The molecule has 1 aromatic rings. The molecule has 0 saturated carbocycles. The fraction of sp³-hybridized carbons (Fsp3) is 0.500. The Morgan fingerprint density at radius 3 is 2.36 bits per heavy atom. The quantitative estimate of drug-likeness (QED) is 0.707. The molecule has 1 N–H and O–H groups in total. The number of methoxy groups -OCH3 is 1. The molecule has 0 unspecified atom stereocenters. The van der Waals surface area contributed by atoms with Crippen molar-refractivity contribution in [2.45, 2.75) is 37.6 Å². The van der Waals surface area contributed by atoms with E-state index in [0.717, 1.165) is 10.6 Å². The number of amides is 1. The summed E-state index contributed by atoms with van der Waals surface area (Å²) in [5.74, 6) is 0.588. The van der Waals surface area contributed by atoms with Crippen molar-refractivity contribution in [2.75, 3.05) is 19.4 Å². The number of thioether (sulfide) groups is 1. The molecule has 1 amide bonds. The van der Waals surface area contributed by atoms with Crippen LogP contribution in [0.5, 0.6) is 5.75 Å². The summed E-state index contributed by atoms with van der Waals surface area (Å²) in [6, 6.07) is 7.70. The highest BCUT2D eigenvalue weighted by Crippen LogP contribution is 2.22. The molecule has 0 fully saturated rings. The third-order valence-electron chi connectivity index (χ3n) is 3.15. The lowest BCUT2D eigenvalue weighted by Crippen LogP contribution is -2.38. The summed E-state index contributed by atoms with van der Waals surface area (Å²) in [6.07, 6.45) is 0.379. The van der Waals surface area contributed by atoms with Gasteiger partial charge in [0.1, 0.15) is 5.75 Å². The van der Waals surface area contributed by atoms with E-state index in [1.165, 1.54) is 0 Å². The third kappa shape index (κ3) is 6.39. The Kier molecular flexibility index (Phi) is 7.80. The number of hydrogen-bond acceptors (Lipinski definition) is 4. The molecule has 1 aromatic carbocycles. The highest BCUT2D eigenvalue weighted by atomic mass is 32.2. The van der Waals surface area contributed by atoms with Gasteiger partial charge in [0.25, 0.3) is 0 Å². The van der Waals surface area contributed by atoms with Gasteiger partial charge < -0.3 is 14.7 Å². The van der Waals surface area contributed by atoms with Gasteiger partial charge in [-0.15, -0.1) is 11.8 Å². The Bertz CT molecular complexity index is 487. The standard InChI is InChI=1S/C16H23NO4S/c1-12(2)17(10-8-16(19)20)15(18)9-11-22-14-6-4-13(21-3)5-7-14/h4-7,12H,8-11H2,1-3H3,(H,19,20). The predicted molar refractivity (Wildman–Crippen MR) is 87.4 cm³/mol. The summed E-state index contributed by atoms with van der Waals surface area (Å²) < 4.78 is 5.10. The van der Waals surface area contributed by atoms with E-state index in [2.05, 4.69) is 0 Å². The van der Waals surface area contributed by atoms with E-state index in [1.54, 1.807) is 23.8 Å². The Labute approximate surface area is 135 Å². The van der Waals surface area contributed by atoms with Crippen LogP contribution < -0.4 is 4.74 Å². The molecule has 0 aliphatic carbocycles. The van der Waals surface area contributed by atoms with Gasteiger partial charge in [0.2, 0.25) is 5.91 Å². The summed E-state index contributed by atoms with van der Waals surface area (Å²) in [4.78, 5) is 25.5. The molecule has 6 heteroatoms. The van der Waals surface area contributed by atoms with Crippen LogP contribution in [0, 0.1) is 0 Å². The Balaban J connectivity index is 2.43. The van der Waals surface area contributed by atoms with Gasteiger partial charge in [-0.3, -0.25) is 9.59 Å². The molecule has 5 nitrogen and oxygen atoms in total. The van der Waals surface area contributed by atoms with E-state index >= 15 is 0 Å². The minimum Gasteiger partial charge on any atom is -0.497 e. The van der Waals surface area contributed by atoms with Gasteiger partial charge in [0, 0.05) is 29.7 Å². The van der Waals surface area contributed by atoms with E-state index in [1.807, 2.05) is 38.1 Å². The van der Waals surface area contributed by atoms with Gasteiger partial charge in [-0.2, -0.15) is 0 Å². The molecule has 0 heterocycles. The number of carboxylic acid groups (broad SMARTS) is 1. The second-order valence-electron chi connectivity index (χ2n) is 5.10. The summed E-state index contributed by atoms with van der Waals surface area (Å²) >= 11 is 1.60. The molecular weight excluding hydrogens is 302 g/mol. The number of carbonyl (C=O) groups is 2. The van der Waals surface area contributed by atoms with E-state index in [4.69, 9.17) is 9.84 Å². The lowest BCUT2D eigenvalue weighted by molar-refractivity contribution is -0.139. The van der Waals surface area contributed by atoms with E-state index < -0.39 is 5.97 Å². The minimum atomic E-state index is -0.883. The van der Waals surface area contributed by atoms with Gasteiger partial charge in [0.05, 0.1) is 13.5 Å². The predicted octanol–water partition coefficient (Wildman–Crippen LogP) is 2.89. The van der Waals surface area contributed by atoms with E-state index in [0.29, 0.717) is 12.2 Å². The van der Waals surface area contributed by atoms with Crippen molar-refractivity contribution >= 4 is 23.6 Å². The molecule has 0 radical (unpaired) electrons. The highest BCUT2D eigenvalue weighted by Gasteiger charge is 2.17. The third-order valence-corrected chi connectivity index (χ3v) is 4.17. The molecule has 0 spiro atoms. The summed E-state index contributed by atoms with van der Waals surface area (Å²) in [6.45, 7) is 4.06. The Morgan fingerprint density at radius 1 is 1.23 bits per heavy atom. The monoisotopic (exact) mass is 325 g/mol. The number of aliphatic carboxylic acids is 1. The van der Waals surface area contributed by atoms with Crippen LogP contribution in [0.25, 0.3) is 0 Å². The summed E-state index contributed by atoms with van der Waals surface area (Å²) in [5, 5.41) is 8.74. The largest absolute Gasteiger partial charge is 0.497 e. The highest BCUT2D eigenvalue weighted by molar-refractivity contribution is 7.99. The van der Waals surface area contributed by atoms with Crippen molar-refractivity contribution in [2.24, 2.45) is 0 Å². The maximum atomic E-state index is 12.2. The van der Waals surface area contributed by atoms with Crippen LogP contribution in [-0.4, -0.2) is 47.3 Å². The molecular formula is C16H23NO4S. The van der Waals surface area contributed by atoms with Crippen LogP contribution >= 0.6 is 11.8 Å². The lowest BCUT2D eigenvalue weighted by atomic mass is 10.2. The second-order valence-corrected chi connectivity index (χ2v) is 6.27. The fourth-order valence-corrected chi connectivity index (χ4v) is 2.80. The molecule has 0 aliphatic rings. The van der Waals surface area contributed by atoms with Crippen molar-refractivity contribution in [3.05, 3.63) is 24.3 Å². The zero-order valence-electron chi connectivity index (χ0n) is 13.2. The van der Waals surface area contributed by atoms with Crippen LogP contribution in [0.1, 0.15) is 26.7 Å². The first-order valence-corrected chi connectivity index (χ1v) is 8.20. The number of benzene rings is 1. The Hall–Kier alpha value is -1.69. The van der Waals surface area contributed by atoms with Crippen molar-refractivity contribution in [3.63, 3.8) is 0 Å². The number of carboxylic acids is 1. The van der Waals surface area contributed by atoms with Crippen LogP contribution in [-0.2, 0) is 9.59 Å². The van der Waals surface area contributed by atoms with E-state index in [9.17, 15) is 9.59 Å². The number of hydrogen-bond donors (Lipinski definition) is 1. The Morgan fingerprint density at radius 2 is 1.86 bits per heavy atom. The molecule has 0 saturated heterocycles. The number of nitrogens with zero attached hydrogens (tertiary/aromatic N) is 1. The maximum Gasteiger partial charge on any atom is 0.305 e. The first kappa shape index (κ1) is 18.4. The van der Waals surface area contributed by atoms with Crippen molar-refractivity contribution in [3.8, 4) is 5.75 Å². The van der Waals surface area contributed by atoms with Crippen LogP contribution in [0.4, 0.5) is 0 Å². The van der Waals surface area contributed by atoms with Crippen LogP contribution in [0.15, 0.2) is 29.2 Å². The van der Waals surface area contributed by atoms with Crippen molar-refractivity contribution < 1.29 is 19.4 Å².